The van der Waals surface area contributed by atoms with Gasteiger partial charge in [0, 0.05) is 12.6 Å². The molecule has 0 heterocycles. The van der Waals surface area contributed by atoms with Crippen LogP contribution in [0.1, 0.15) is 57.1 Å². The predicted molar refractivity (Wildman–Crippen MR) is 86.6 cm³/mol. The molecule has 1 aromatic carbocycles. The number of hydrogen-bond acceptors (Lipinski definition) is 3. The highest BCUT2D eigenvalue weighted by atomic mass is 16.5. The van der Waals surface area contributed by atoms with Crippen molar-refractivity contribution in [3.63, 3.8) is 0 Å². The van der Waals surface area contributed by atoms with Gasteiger partial charge < -0.3 is 15.2 Å². The van der Waals surface area contributed by atoms with Crippen molar-refractivity contribution in [2.45, 2.75) is 57.6 Å². The average molecular weight is 291 g/mol. The molecule has 0 bridgehead atoms. The molecule has 1 saturated carbocycles. The lowest BCUT2D eigenvalue weighted by Crippen LogP contribution is -2.36. The second kappa shape index (κ2) is 8.40. The Labute approximate surface area is 128 Å². The molecule has 2 N–H and O–H groups in total. The fourth-order valence-electron chi connectivity index (χ4n) is 3.24. The van der Waals surface area contributed by atoms with E-state index in [2.05, 4.69) is 12.2 Å². The molecule has 2 atom stereocenters. The van der Waals surface area contributed by atoms with Crippen LogP contribution in [0.25, 0.3) is 0 Å². The van der Waals surface area contributed by atoms with Crippen LogP contribution >= 0.6 is 0 Å². The van der Waals surface area contributed by atoms with Crippen molar-refractivity contribution in [1.29, 1.82) is 0 Å². The number of ether oxygens (including phenoxy) is 1. The van der Waals surface area contributed by atoms with E-state index in [1.165, 1.54) is 38.5 Å². The molecule has 0 radical (unpaired) electrons. The third-order valence-electron chi connectivity index (χ3n) is 4.72. The first-order valence-corrected chi connectivity index (χ1v) is 8.26. The Hall–Kier alpha value is -1.06. The van der Waals surface area contributed by atoms with Gasteiger partial charge in [0.05, 0.1) is 13.2 Å². The summed E-state index contributed by atoms with van der Waals surface area (Å²) in [5.41, 5.74) is 0.912. The van der Waals surface area contributed by atoms with E-state index in [9.17, 15) is 5.11 Å². The minimum atomic E-state index is -0.478. The topological polar surface area (TPSA) is 41.5 Å². The van der Waals surface area contributed by atoms with Crippen molar-refractivity contribution >= 4 is 0 Å². The van der Waals surface area contributed by atoms with Gasteiger partial charge in [-0.05, 0) is 43.4 Å². The molecule has 3 nitrogen and oxygen atoms in total. The first-order chi connectivity index (χ1) is 10.2. The highest BCUT2D eigenvalue weighted by Crippen LogP contribution is 2.26. The van der Waals surface area contributed by atoms with Crippen LogP contribution in [-0.2, 0) is 0 Å². The Balaban J connectivity index is 1.83. The molecular weight excluding hydrogens is 262 g/mol. The standard InChI is InChI=1S/C18H29NO2/c1-14(15-8-5-3-4-6-9-15)19-13-18(20)16-10-7-11-17(12-16)21-2/h7,10-12,14-15,18-20H,3-6,8-9,13H2,1-2H3/t14-,18?/m0/s1. The first-order valence-electron chi connectivity index (χ1n) is 8.26. The number of aliphatic hydroxyl groups is 1. The third-order valence-corrected chi connectivity index (χ3v) is 4.72. The van der Waals surface area contributed by atoms with E-state index in [1.54, 1.807) is 7.11 Å². The van der Waals surface area contributed by atoms with Crippen molar-refractivity contribution in [3.8, 4) is 5.75 Å². The number of rotatable bonds is 6. The van der Waals surface area contributed by atoms with Crippen molar-refractivity contribution in [3.05, 3.63) is 29.8 Å². The normalized spacial score (nSPS) is 19.8. The van der Waals surface area contributed by atoms with Crippen LogP contribution in [0.5, 0.6) is 5.75 Å². The van der Waals surface area contributed by atoms with Crippen LogP contribution in [-0.4, -0.2) is 24.8 Å². The number of aliphatic hydroxyl groups excluding tert-OH is 1. The minimum Gasteiger partial charge on any atom is -0.497 e. The SMILES string of the molecule is COc1cccc(C(O)CN[C@@H](C)C2CCCCCC2)c1. The molecule has 118 valence electrons. The van der Waals surface area contributed by atoms with E-state index in [1.807, 2.05) is 24.3 Å². The summed E-state index contributed by atoms with van der Waals surface area (Å²) in [6, 6.07) is 8.15. The van der Waals surface area contributed by atoms with Gasteiger partial charge in [-0.3, -0.25) is 0 Å². The Kier molecular flexibility index (Phi) is 6.52. The Morgan fingerprint density at radius 2 is 1.95 bits per heavy atom. The van der Waals surface area contributed by atoms with Gasteiger partial charge in [-0.1, -0.05) is 37.8 Å². The van der Waals surface area contributed by atoms with E-state index in [4.69, 9.17) is 4.74 Å². The van der Waals surface area contributed by atoms with Crippen LogP contribution in [0.4, 0.5) is 0 Å². The van der Waals surface area contributed by atoms with E-state index >= 15 is 0 Å². The van der Waals surface area contributed by atoms with Crippen LogP contribution in [0.3, 0.4) is 0 Å². The van der Waals surface area contributed by atoms with E-state index in [-0.39, 0.29) is 0 Å². The first kappa shape index (κ1) is 16.3. The highest BCUT2D eigenvalue weighted by Gasteiger charge is 2.19. The van der Waals surface area contributed by atoms with Gasteiger partial charge >= 0.3 is 0 Å². The lowest BCUT2D eigenvalue weighted by molar-refractivity contribution is 0.163. The maximum atomic E-state index is 10.3. The van der Waals surface area contributed by atoms with Gasteiger partial charge in [-0.15, -0.1) is 0 Å². The fourth-order valence-corrected chi connectivity index (χ4v) is 3.24. The molecule has 1 aromatic rings. The van der Waals surface area contributed by atoms with Gasteiger partial charge in [0.25, 0.3) is 0 Å². The van der Waals surface area contributed by atoms with Gasteiger partial charge in [-0.2, -0.15) is 0 Å². The maximum Gasteiger partial charge on any atom is 0.119 e. The zero-order valence-electron chi connectivity index (χ0n) is 13.3. The van der Waals surface area contributed by atoms with Gasteiger partial charge in [0.1, 0.15) is 5.75 Å². The van der Waals surface area contributed by atoms with E-state index < -0.39 is 6.10 Å². The Bertz CT molecular complexity index is 413. The maximum absolute atomic E-state index is 10.3. The number of hydrogen-bond donors (Lipinski definition) is 2. The molecule has 1 unspecified atom stereocenters. The molecule has 3 heteroatoms. The smallest absolute Gasteiger partial charge is 0.119 e. The molecule has 0 amide bonds. The van der Waals surface area contributed by atoms with Crippen LogP contribution in [0.2, 0.25) is 0 Å². The lowest BCUT2D eigenvalue weighted by atomic mass is 9.93. The summed E-state index contributed by atoms with van der Waals surface area (Å²) in [5, 5.41) is 13.9. The summed E-state index contributed by atoms with van der Waals surface area (Å²) in [4.78, 5) is 0. The molecule has 21 heavy (non-hydrogen) atoms. The van der Waals surface area contributed by atoms with Crippen LogP contribution < -0.4 is 10.1 Å². The second-order valence-corrected chi connectivity index (χ2v) is 6.24. The molecule has 0 saturated heterocycles. The average Bonchev–Trinajstić information content (AvgIpc) is 2.81. The molecule has 0 aliphatic heterocycles. The zero-order chi connectivity index (χ0) is 15.1. The summed E-state index contributed by atoms with van der Waals surface area (Å²) in [5.74, 6) is 1.55. The zero-order valence-corrected chi connectivity index (χ0v) is 13.3. The van der Waals surface area contributed by atoms with E-state index in [0.29, 0.717) is 12.6 Å². The Morgan fingerprint density at radius 3 is 2.62 bits per heavy atom. The molecule has 0 spiro atoms. The van der Waals surface area contributed by atoms with Crippen molar-refractivity contribution in [2.24, 2.45) is 5.92 Å². The third kappa shape index (κ3) is 5.01. The summed E-state index contributed by atoms with van der Waals surface area (Å²) < 4.78 is 5.21. The minimum absolute atomic E-state index is 0.475. The van der Waals surface area contributed by atoms with E-state index in [0.717, 1.165) is 17.2 Å². The number of methoxy groups -OCH3 is 1. The summed E-state index contributed by atoms with van der Waals surface area (Å²) in [6.07, 6.45) is 7.65. The molecule has 0 aromatic heterocycles. The summed E-state index contributed by atoms with van der Waals surface area (Å²) in [6.45, 7) is 2.86. The summed E-state index contributed by atoms with van der Waals surface area (Å²) in [7, 11) is 1.65. The van der Waals surface area contributed by atoms with Gasteiger partial charge in [0.15, 0.2) is 0 Å². The fraction of sp³-hybridized carbons (Fsp3) is 0.667. The van der Waals surface area contributed by atoms with Gasteiger partial charge in [0.2, 0.25) is 0 Å². The molecule has 2 rings (SSSR count). The van der Waals surface area contributed by atoms with Crippen molar-refractivity contribution in [1.82, 2.24) is 5.32 Å². The highest BCUT2D eigenvalue weighted by molar-refractivity contribution is 5.29. The second-order valence-electron chi connectivity index (χ2n) is 6.24. The van der Waals surface area contributed by atoms with Gasteiger partial charge in [-0.25, -0.2) is 0 Å². The Morgan fingerprint density at radius 1 is 1.24 bits per heavy atom. The molecular formula is C18H29NO2. The largest absolute Gasteiger partial charge is 0.497 e. The van der Waals surface area contributed by atoms with Crippen LogP contribution in [0.15, 0.2) is 24.3 Å². The number of benzene rings is 1. The van der Waals surface area contributed by atoms with Crippen LogP contribution in [0, 0.1) is 5.92 Å². The monoisotopic (exact) mass is 291 g/mol. The van der Waals surface area contributed by atoms with Crippen molar-refractivity contribution < 1.29 is 9.84 Å². The molecule has 1 aliphatic rings. The number of nitrogens with one attached hydrogen (secondary N) is 1. The quantitative estimate of drug-likeness (QED) is 0.786. The lowest BCUT2D eigenvalue weighted by Gasteiger charge is -2.25. The predicted octanol–water partition coefficient (Wildman–Crippen LogP) is 3.68. The molecule has 1 fully saturated rings. The van der Waals surface area contributed by atoms with Crippen molar-refractivity contribution in [2.75, 3.05) is 13.7 Å². The molecule has 1 aliphatic carbocycles. The summed E-state index contributed by atoms with van der Waals surface area (Å²) >= 11 is 0.